The first kappa shape index (κ1) is 14.6. The minimum absolute atomic E-state index is 0.0318. The minimum atomic E-state index is -4.96. The molecule has 110 valence electrons. The zero-order valence-corrected chi connectivity index (χ0v) is 10.5. The first-order valence-electron chi connectivity index (χ1n) is 6.44. The van der Waals surface area contributed by atoms with Gasteiger partial charge in [-0.15, -0.1) is 0 Å². The van der Waals surface area contributed by atoms with Crippen LogP contribution in [0.15, 0.2) is 0 Å². The summed E-state index contributed by atoms with van der Waals surface area (Å²) in [5, 5.41) is 8.97. The fourth-order valence-electron chi connectivity index (χ4n) is 3.31. The molecule has 0 bridgehead atoms. The Kier molecular flexibility index (Phi) is 3.55. The maximum Gasteiger partial charge on any atom is 0.417 e. The Morgan fingerprint density at radius 1 is 1.32 bits per heavy atom. The summed E-state index contributed by atoms with van der Waals surface area (Å²) in [7, 11) is 0. The van der Waals surface area contributed by atoms with Crippen LogP contribution in [0.1, 0.15) is 38.5 Å². The Balaban J connectivity index is 2.25. The van der Waals surface area contributed by atoms with Gasteiger partial charge in [-0.25, -0.2) is 4.79 Å². The zero-order valence-electron chi connectivity index (χ0n) is 10.5. The Morgan fingerprint density at radius 3 is 2.37 bits per heavy atom. The maximum absolute atomic E-state index is 13.1. The van der Waals surface area contributed by atoms with E-state index in [9.17, 15) is 18.0 Å². The molecule has 0 aromatic carbocycles. The summed E-state index contributed by atoms with van der Waals surface area (Å²) in [6, 6.07) is 0. The average Bonchev–Trinajstić information content (AvgIpc) is 2.74. The fourth-order valence-corrected chi connectivity index (χ4v) is 3.31. The predicted molar refractivity (Wildman–Crippen MR) is 60.5 cm³/mol. The fraction of sp³-hybridized carbons (Fsp3) is 0.917. The van der Waals surface area contributed by atoms with Gasteiger partial charge in [-0.2, -0.15) is 13.2 Å². The van der Waals surface area contributed by atoms with Gasteiger partial charge in [0.1, 0.15) is 0 Å². The van der Waals surface area contributed by atoms with E-state index in [0.717, 1.165) is 12.8 Å². The van der Waals surface area contributed by atoms with Crippen molar-refractivity contribution >= 4 is 5.97 Å². The van der Waals surface area contributed by atoms with Crippen molar-refractivity contribution in [1.82, 2.24) is 0 Å². The smallest absolute Gasteiger partial charge is 0.417 e. The van der Waals surface area contributed by atoms with E-state index >= 15 is 0 Å². The monoisotopic (exact) mass is 281 g/mol. The van der Waals surface area contributed by atoms with Crippen molar-refractivity contribution in [3.05, 3.63) is 0 Å². The number of alkyl halides is 3. The molecule has 0 radical (unpaired) electrons. The number of aliphatic carboxylic acids is 1. The summed E-state index contributed by atoms with van der Waals surface area (Å²) in [4.78, 5) is 11.1. The lowest BCUT2D eigenvalue weighted by atomic mass is 9.73. The normalized spacial score (nSPS) is 30.2. The number of carboxylic acid groups (broad SMARTS) is 1. The van der Waals surface area contributed by atoms with Crippen LogP contribution in [0, 0.1) is 5.92 Å². The van der Waals surface area contributed by atoms with Crippen LogP contribution in [0.2, 0.25) is 0 Å². The molecule has 0 amide bonds. The number of rotatable bonds is 2. The van der Waals surface area contributed by atoms with Gasteiger partial charge in [-0.3, -0.25) is 0 Å². The van der Waals surface area contributed by atoms with Crippen LogP contribution in [0.25, 0.3) is 0 Å². The molecule has 19 heavy (non-hydrogen) atoms. The highest BCUT2D eigenvalue weighted by atomic mass is 19.4. The van der Waals surface area contributed by atoms with Gasteiger partial charge in [-0.05, 0) is 25.7 Å². The number of nitrogens with two attached hydrogens (primary N) is 1. The predicted octanol–water partition coefficient (Wildman–Crippen LogP) is 2.07. The quantitative estimate of drug-likeness (QED) is 0.812. The van der Waals surface area contributed by atoms with E-state index in [2.05, 4.69) is 0 Å². The highest BCUT2D eigenvalue weighted by Gasteiger charge is 2.64. The second-order valence-electron chi connectivity index (χ2n) is 5.60. The molecule has 4 nitrogen and oxygen atoms in total. The van der Waals surface area contributed by atoms with Gasteiger partial charge in [0.25, 0.3) is 0 Å². The molecule has 2 unspecified atom stereocenters. The van der Waals surface area contributed by atoms with Gasteiger partial charge in [0, 0.05) is 12.5 Å². The Bertz CT molecular complexity index is 366. The van der Waals surface area contributed by atoms with E-state index in [1.807, 2.05) is 0 Å². The molecular formula is C12H18F3NO3. The lowest BCUT2D eigenvalue weighted by molar-refractivity contribution is -0.226. The third kappa shape index (κ3) is 2.33. The van der Waals surface area contributed by atoms with Crippen molar-refractivity contribution in [3.63, 3.8) is 0 Å². The van der Waals surface area contributed by atoms with Crippen molar-refractivity contribution in [2.24, 2.45) is 11.7 Å². The molecule has 2 fully saturated rings. The number of carboxylic acids is 1. The van der Waals surface area contributed by atoms with Crippen molar-refractivity contribution in [1.29, 1.82) is 0 Å². The van der Waals surface area contributed by atoms with Gasteiger partial charge >= 0.3 is 12.1 Å². The molecule has 2 rings (SSSR count). The zero-order chi connectivity index (χ0) is 14.3. The average molecular weight is 281 g/mol. The van der Waals surface area contributed by atoms with Crippen LogP contribution in [-0.4, -0.2) is 35.0 Å². The number of hydrogen-bond donors (Lipinski definition) is 2. The molecule has 1 spiro atoms. The standard InChI is InChI=1S/C12H18F3NO3/c13-12(14,15)11(16,9(17)18)8-3-6-19-10(7-8)4-1-2-5-10/h8H,1-7,16H2,(H,17,18). The summed E-state index contributed by atoms with van der Waals surface area (Å²) in [5.41, 5.74) is 1.50. The number of ether oxygens (including phenoxy) is 1. The molecule has 1 heterocycles. The molecule has 0 aromatic rings. The molecule has 2 aliphatic rings. The topological polar surface area (TPSA) is 72.6 Å². The second kappa shape index (κ2) is 4.63. The Hall–Kier alpha value is -0.820. The molecule has 1 saturated carbocycles. The first-order valence-corrected chi connectivity index (χ1v) is 6.44. The summed E-state index contributed by atoms with van der Waals surface area (Å²) in [5.74, 6) is -3.13. The van der Waals surface area contributed by atoms with E-state index in [1.54, 1.807) is 0 Å². The SMILES string of the molecule is NC(C(=O)O)(C1CCOC2(CCCC2)C1)C(F)(F)F. The van der Waals surface area contributed by atoms with Gasteiger partial charge in [0.05, 0.1) is 5.60 Å². The molecule has 1 saturated heterocycles. The van der Waals surface area contributed by atoms with Crippen molar-refractivity contribution in [3.8, 4) is 0 Å². The number of halogens is 3. The van der Waals surface area contributed by atoms with Crippen molar-refractivity contribution in [2.45, 2.75) is 55.8 Å². The van der Waals surface area contributed by atoms with E-state index in [0.29, 0.717) is 12.8 Å². The Morgan fingerprint density at radius 2 is 1.89 bits per heavy atom. The van der Waals surface area contributed by atoms with Gasteiger partial charge in [0.2, 0.25) is 5.54 Å². The van der Waals surface area contributed by atoms with Crippen molar-refractivity contribution in [2.75, 3.05) is 6.61 Å². The molecule has 2 atom stereocenters. The van der Waals surface area contributed by atoms with Gasteiger partial charge < -0.3 is 15.6 Å². The lowest BCUT2D eigenvalue weighted by Crippen LogP contribution is -2.66. The van der Waals surface area contributed by atoms with Crippen LogP contribution < -0.4 is 5.73 Å². The van der Waals surface area contributed by atoms with Crippen LogP contribution in [0.3, 0.4) is 0 Å². The number of carbonyl (C=O) groups is 1. The van der Waals surface area contributed by atoms with E-state index < -0.39 is 29.2 Å². The summed E-state index contributed by atoms with van der Waals surface area (Å²) < 4.78 is 44.8. The summed E-state index contributed by atoms with van der Waals surface area (Å²) in [6.07, 6.45) is -1.65. The molecule has 7 heteroatoms. The maximum atomic E-state index is 13.1. The van der Waals surface area contributed by atoms with Crippen LogP contribution >= 0.6 is 0 Å². The van der Waals surface area contributed by atoms with Gasteiger partial charge in [-0.1, -0.05) is 12.8 Å². The lowest BCUT2D eigenvalue weighted by Gasteiger charge is -2.44. The molecule has 1 aliphatic heterocycles. The third-order valence-corrected chi connectivity index (χ3v) is 4.47. The first-order chi connectivity index (χ1) is 8.71. The highest BCUT2D eigenvalue weighted by Crippen LogP contribution is 2.47. The third-order valence-electron chi connectivity index (χ3n) is 4.47. The van der Waals surface area contributed by atoms with Gasteiger partial charge in [0.15, 0.2) is 0 Å². The van der Waals surface area contributed by atoms with E-state index in [4.69, 9.17) is 15.6 Å². The minimum Gasteiger partial charge on any atom is -0.480 e. The van der Waals surface area contributed by atoms with Crippen LogP contribution in [0.4, 0.5) is 13.2 Å². The largest absolute Gasteiger partial charge is 0.480 e. The molecule has 3 N–H and O–H groups in total. The van der Waals surface area contributed by atoms with Crippen molar-refractivity contribution < 1.29 is 27.8 Å². The summed E-state index contributed by atoms with van der Waals surface area (Å²) >= 11 is 0. The van der Waals surface area contributed by atoms with E-state index in [1.165, 1.54) is 0 Å². The molecule has 0 aromatic heterocycles. The van der Waals surface area contributed by atoms with Crippen LogP contribution in [-0.2, 0) is 9.53 Å². The number of hydrogen-bond acceptors (Lipinski definition) is 3. The Labute approximate surface area is 109 Å². The molecular weight excluding hydrogens is 263 g/mol. The second-order valence-corrected chi connectivity index (χ2v) is 5.60. The van der Waals surface area contributed by atoms with E-state index in [-0.39, 0.29) is 19.4 Å². The highest BCUT2D eigenvalue weighted by molar-refractivity contribution is 5.80. The van der Waals surface area contributed by atoms with Crippen LogP contribution in [0.5, 0.6) is 0 Å². The summed E-state index contributed by atoms with van der Waals surface area (Å²) in [6.45, 7) is 0.146. The molecule has 1 aliphatic carbocycles.